The highest BCUT2D eigenvalue weighted by Crippen LogP contribution is 2.33. The minimum absolute atomic E-state index is 0.0179. The molecule has 0 saturated heterocycles. The Morgan fingerprint density at radius 1 is 0.892 bits per heavy atom. The minimum atomic E-state index is -1.64. The predicted molar refractivity (Wildman–Crippen MR) is 137 cm³/mol. The Balaban J connectivity index is 1.91. The van der Waals surface area contributed by atoms with Crippen molar-refractivity contribution >= 4 is 29.0 Å². The third-order valence-corrected chi connectivity index (χ3v) is 5.37. The third-order valence-electron chi connectivity index (χ3n) is 5.12. The molecule has 3 rings (SSSR count). The Morgan fingerprint density at radius 3 is 2.05 bits per heavy atom. The first-order valence-corrected chi connectivity index (χ1v) is 11.9. The van der Waals surface area contributed by atoms with Crippen molar-refractivity contribution in [3.8, 4) is 11.9 Å². The van der Waals surface area contributed by atoms with Crippen LogP contribution in [0.25, 0.3) is 0 Å². The van der Waals surface area contributed by atoms with Gasteiger partial charge in [0.1, 0.15) is 37.0 Å². The average Bonchev–Trinajstić information content (AvgIpc) is 2.94. The topological polar surface area (TPSA) is 166 Å². The zero-order chi connectivity index (χ0) is 26.6. The summed E-state index contributed by atoms with van der Waals surface area (Å²) in [6.07, 6.45) is -4.67. The number of rotatable bonds is 14. The van der Waals surface area contributed by atoms with Gasteiger partial charge in [-0.05, 0) is 11.1 Å². The average molecular weight is 533 g/mol. The molecule has 0 saturated carbocycles. The van der Waals surface area contributed by atoms with E-state index in [4.69, 9.17) is 26.2 Å². The quantitative estimate of drug-likeness (QED) is 0.167. The van der Waals surface area contributed by atoms with Gasteiger partial charge in [0, 0.05) is 6.54 Å². The molecule has 1 aromatic heterocycles. The zero-order valence-electron chi connectivity index (χ0n) is 19.8. The largest absolute Gasteiger partial charge is 0.471 e. The second kappa shape index (κ2) is 14.3. The highest BCUT2D eigenvalue weighted by atomic mass is 35.5. The maximum Gasteiger partial charge on any atom is 0.322 e. The number of nitrogens with zero attached hydrogens (tertiary/aromatic N) is 2. The number of ether oxygens (including phenoxy) is 2. The fraction of sp³-hybridized carbons (Fsp3) is 0.320. The number of hydrogen-bond acceptors (Lipinski definition) is 10. The van der Waals surface area contributed by atoms with E-state index in [9.17, 15) is 20.1 Å². The maximum atomic E-state index is 12.2. The van der Waals surface area contributed by atoms with Crippen LogP contribution < -0.4 is 20.1 Å². The normalized spacial score (nSPS) is 13.3. The summed E-state index contributed by atoms with van der Waals surface area (Å²) < 4.78 is 11.7. The van der Waals surface area contributed by atoms with E-state index in [0.29, 0.717) is 0 Å². The van der Waals surface area contributed by atoms with Crippen molar-refractivity contribution in [2.75, 3.05) is 29.7 Å². The van der Waals surface area contributed by atoms with Crippen molar-refractivity contribution < 1.29 is 34.7 Å². The molecule has 0 bridgehead atoms. The van der Waals surface area contributed by atoms with Crippen LogP contribution in [-0.4, -0.2) is 73.6 Å². The van der Waals surface area contributed by atoms with Gasteiger partial charge in [-0.1, -0.05) is 60.7 Å². The lowest BCUT2D eigenvalue weighted by Crippen LogP contribution is -2.43. The first-order valence-electron chi connectivity index (χ1n) is 11.4. The van der Waals surface area contributed by atoms with Gasteiger partial charge in [-0.2, -0.15) is 9.97 Å². The molecule has 6 N–H and O–H groups in total. The van der Waals surface area contributed by atoms with Crippen molar-refractivity contribution in [1.82, 2.24) is 9.97 Å². The molecular formula is C25H29ClN4O7. The van der Waals surface area contributed by atoms with Crippen LogP contribution in [0.15, 0.2) is 60.7 Å². The van der Waals surface area contributed by atoms with Crippen LogP contribution >= 0.6 is 11.6 Å². The fourth-order valence-corrected chi connectivity index (χ4v) is 3.20. The van der Waals surface area contributed by atoms with Gasteiger partial charge in [0.15, 0.2) is 5.82 Å². The number of hydrogen-bond donors (Lipinski definition) is 6. The highest BCUT2D eigenvalue weighted by molar-refractivity contribution is 6.29. The Hall–Kier alpha value is -3.48. The summed E-state index contributed by atoms with van der Waals surface area (Å²) in [6, 6.07) is 18.5. The first kappa shape index (κ1) is 28.1. The third kappa shape index (κ3) is 8.55. The number of halogens is 1. The summed E-state index contributed by atoms with van der Waals surface area (Å²) in [5.74, 6) is -0.918. The Labute approximate surface area is 218 Å². The standard InChI is InChI=1S/C25H29ClN4O7/c26-11-20(34)28-21-23(27-12-18(32)22(35)19(33)13-31)29-25(37-15-17-9-5-2-6-10-17)30-24(21)36-14-16-7-3-1-4-8-16/h1-10,18-19,22,31-33,35H,11-15H2,(H,28,34)(H,27,29,30)/t18-,19+,22-/m0/s1. The number of carbonyl (C=O) groups excluding carboxylic acids is 1. The lowest BCUT2D eigenvalue weighted by atomic mass is 10.1. The number of benzene rings is 2. The number of aromatic nitrogens is 2. The molecule has 0 aliphatic rings. The van der Waals surface area contributed by atoms with Crippen LogP contribution in [-0.2, 0) is 18.0 Å². The Morgan fingerprint density at radius 2 is 1.49 bits per heavy atom. The SMILES string of the molecule is O=C(CCl)Nc1c(NC[C@H](O)[C@H](O)[C@H](O)CO)nc(OCc2ccccc2)nc1OCc1ccccc1. The molecule has 198 valence electrons. The summed E-state index contributed by atoms with van der Waals surface area (Å²) in [6.45, 7) is -0.786. The van der Waals surface area contributed by atoms with E-state index >= 15 is 0 Å². The van der Waals surface area contributed by atoms with Crippen LogP contribution in [0.5, 0.6) is 11.9 Å². The molecule has 12 heteroatoms. The van der Waals surface area contributed by atoms with Crippen molar-refractivity contribution in [3.63, 3.8) is 0 Å². The minimum Gasteiger partial charge on any atom is -0.471 e. The number of aliphatic hydroxyl groups excluding tert-OH is 4. The van der Waals surface area contributed by atoms with Crippen molar-refractivity contribution in [2.24, 2.45) is 0 Å². The second-order valence-corrected chi connectivity index (χ2v) is 8.22. The maximum absolute atomic E-state index is 12.2. The van der Waals surface area contributed by atoms with Gasteiger partial charge in [-0.25, -0.2) is 0 Å². The van der Waals surface area contributed by atoms with Crippen molar-refractivity contribution in [3.05, 3.63) is 71.8 Å². The summed E-state index contributed by atoms with van der Waals surface area (Å²) >= 11 is 5.68. The number of aliphatic hydroxyl groups is 4. The molecule has 3 atom stereocenters. The molecule has 11 nitrogen and oxygen atoms in total. The molecule has 1 heterocycles. The molecule has 0 aliphatic heterocycles. The smallest absolute Gasteiger partial charge is 0.322 e. The van der Waals surface area contributed by atoms with Crippen LogP contribution in [0.1, 0.15) is 11.1 Å². The van der Waals surface area contributed by atoms with Gasteiger partial charge in [0.05, 0.1) is 12.7 Å². The first-order chi connectivity index (χ1) is 17.9. The number of amides is 1. The monoisotopic (exact) mass is 532 g/mol. The van der Waals surface area contributed by atoms with Crippen molar-refractivity contribution in [2.45, 2.75) is 31.5 Å². The molecule has 0 unspecified atom stereocenters. The molecule has 2 aromatic carbocycles. The van der Waals surface area contributed by atoms with E-state index in [0.717, 1.165) is 11.1 Å². The summed E-state index contributed by atoms with van der Waals surface area (Å²) in [5, 5.41) is 44.3. The van der Waals surface area contributed by atoms with Gasteiger partial charge in [0.2, 0.25) is 11.8 Å². The van der Waals surface area contributed by atoms with Gasteiger partial charge in [-0.3, -0.25) is 4.79 Å². The molecule has 37 heavy (non-hydrogen) atoms. The molecule has 1 amide bonds. The van der Waals surface area contributed by atoms with Crippen LogP contribution in [0.3, 0.4) is 0 Å². The van der Waals surface area contributed by atoms with E-state index < -0.39 is 30.8 Å². The van der Waals surface area contributed by atoms with E-state index in [-0.39, 0.29) is 49.0 Å². The lowest BCUT2D eigenvalue weighted by molar-refractivity contribution is -0.113. The van der Waals surface area contributed by atoms with Crippen LogP contribution in [0.2, 0.25) is 0 Å². The van der Waals surface area contributed by atoms with E-state index in [1.54, 1.807) is 0 Å². The number of carbonyl (C=O) groups is 1. The lowest BCUT2D eigenvalue weighted by Gasteiger charge is -2.23. The summed E-state index contributed by atoms with van der Waals surface area (Å²) in [4.78, 5) is 20.8. The fourth-order valence-electron chi connectivity index (χ4n) is 3.14. The number of nitrogens with one attached hydrogen (secondary N) is 2. The van der Waals surface area contributed by atoms with Crippen LogP contribution in [0, 0.1) is 0 Å². The van der Waals surface area contributed by atoms with Crippen LogP contribution in [0.4, 0.5) is 11.5 Å². The van der Waals surface area contributed by atoms with E-state index in [1.165, 1.54) is 0 Å². The van der Waals surface area contributed by atoms with E-state index in [1.807, 2.05) is 60.7 Å². The Kier molecular flexibility index (Phi) is 10.9. The second-order valence-electron chi connectivity index (χ2n) is 7.95. The van der Waals surface area contributed by atoms with Crippen molar-refractivity contribution in [1.29, 1.82) is 0 Å². The molecule has 3 aromatic rings. The molecule has 0 fully saturated rings. The highest BCUT2D eigenvalue weighted by Gasteiger charge is 2.26. The van der Waals surface area contributed by atoms with Gasteiger partial charge >= 0.3 is 6.01 Å². The predicted octanol–water partition coefficient (Wildman–Crippen LogP) is 1.30. The Bertz CT molecular complexity index is 1120. The van der Waals surface area contributed by atoms with Gasteiger partial charge in [-0.15, -0.1) is 11.6 Å². The zero-order valence-corrected chi connectivity index (χ0v) is 20.6. The summed E-state index contributed by atoms with van der Waals surface area (Å²) in [5.41, 5.74) is 1.75. The van der Waals surface area contributed by atoms with E-state index in [2.05, 4.69) is 20.6 Å². The molecule has 0 spiro atoms. The molecule has 0 aliphatic carbocycles. The van der Waals surface area contributed by atoms with Gasteiger partial charge < -0.3 is 40.5 Å². The number of alkyl halides is 1. The number of anilines is 2. The molecule has 0 radical (unpaired) electrons. The van der Waals surface area contributed by atoms with Gasteiger partial charge in [0.25, 0.3) is 0 Å². The summed E-state index contributed by atoms with van der Waals surface area (Å²) in [7, 11) is 0. The molecular weight excluding hydrogens is 504 g/mol.